The van der Waals surface area contributed by atoms with Crippen LogP contribution in [-0.4, -0.2) is 30.2 Å². The number of hydrogen-bond acceptors (Lipinski definition) is 4. The van der Waals surface area contributed by atoms with Gasteiger partial charge in [0.1, 0.15) is 0 Å². The summed E-state index contributed by atoms with van der Waals surface area (Å²) in [4.78, 5) is 10.8. The van der Waals surface area contributed by atoms with Gasteiger partial charge in [0.15, 0.2) is 21.1 Å². The Morgan fingerprint density at radius 3 is 2.38 bits per heavy atom. The number of sulfone groups is 1. The second kappa shape index (κ2) is 4.01. The summed E-state index contributed by atoms with van der Waals surface area (Å²) in [6, 6.07) is 0. The molecule has 0 aliphatic carbocycles. The Morgan fingerprint density at radius 2 is 2.00 bits per heavy atom. The number of aromatic nitrogens is 2. The Hall–Kier alpha value is -1.17. The largest absolute Gasteiger partial charge is 0.298 e. The highest BCUT2D eigenvalue weighted by Gasteiger charge is 2.28. The van der Waals surface area contributed by atoms with Crippen LogP contribution in [0, 0.1) is 0 Å². The molecule has 1 rings (SSSR count). The standard InChI is InChI=1S/C10H16N2O3S/c1-5-16(14,15)9-8(7-13)6-11-12(9)10(2,3)4/h6-7H,5H2,1-4H3. The van der Waals surface area contributed by atoms with E-state index in [1.54, 1.807) is 6.92 Å². The van der Waals surface area contributed by atoms with Crippen LogP contribution in [0.4, 0.5) is 0 Å². The average molecular weight is 244 g/mol. The molecule has 1 aromatic heterocycles. The number of carbonyl (C=O) groups excluding carboxylic acids is 1. The predicted molar refractivity (Wildman–Crippen MR) is 60.3 cm³/mol. The van der Waals surface area contributed by atoms with Crippen molar-refractivity contribution in [3.8, 4) is 0 Å². The molecule has 0 saturated carbocycles. The molecular formula is C10H16N2O3S. The number of nitrogens with zero attached hydrogens (tertiary/aromatic N) is 2. The second-order valence-electron chi connectivity index (χ2n) is 4.51. The summed E-state index contributed by atoms with van der Waals surface area (Å²) in [5.41, 5.74) is -0.351. The minimum absolute atomic E-state index is 0.0116. The van der Waals surface area contributed by atoms with E-state index in [0.29, 0.717) is 6.29 Å². The van der Waals surface area contributed by atoms with Crippen molar-refractivity contribution in [2.45, 2.75) is 38.3 Å². The van der Waals surface area contributed by atoms with Gasteiger partial charge in [0.2, 0.25) is 0 Å². The van der Waals surface area contributed by atoms with E-state index in [-0.39, 0.29) is 16.3 Å². The predicted octanol–water partition coefficient (Wildman–Crippen LogP) is 1.24. The normalized spacial score (nSPS) is 12.8. The maximum atomic E-state index is 11.9. The van der Waals surface area contributed by atoms with Gasteiger partial charge < -0.3 is 0 Å². The van der Waals surface area contributed by atoms with Crippen molar-refractivity contribution < 1.29 is 13.2 Å². The topological polar surface area (TPSA) is 69.0 Å². The van der Waals surface area contributed by atoms with Gasteiger partial charge in [-0.2, -0.15) is 5.10 Å². The van der Waals surface area contributed by atoms with Crippen LogP contribution in [0.5, 0.6) is 0 Å². The molecule has 90 valence electrons. The Kier molecular flexibility index (Phi) is 3.23. The van der Waals surface area contributed by atoms with Crippen molar-refractivity contribution in [2.75, 3.05) is 5.75 Å². The van der Waals surface area contributed by atoms with Gasteiger partial charge in [0.25, 0.3) is 0 Å². The second-order valence-corrected chi connectivity index (χ2v) is 6.70. The number of hydrogen-bond donors (Lipinski definition) is 0. The van der Waals surface area contributed by atoms with E-state index >= 15 is 0 Å². The molecule has 1 aromatic rings. The van der Waals surface area contributed by atoms with Crippen LogP contribution in [0.15, 0.2) is 11.2 Å². The molecule has 0 unspecified atom stereocenters. The fourth-order valence-electron chi connectivity index (χ4n) is 1.36. The molecule has 1 heterocycles. The Labute approximate surface area is 95.4 Å². The molecule has 0 bridgehead atoms. The zero-order valence-corrected chi connectivity index (χ0v) is 10.7. The molecule has 0 aliphatic heterocycles. The summed E-state index contributed by atoms with van der Waals surface area (Å²) in [6.07, 6.45) is 1.82. The van der Waals surface area contributed by atoms with Gasteiger partial charge in [-0.3, -0.25) is 4.79 Å². The monoisotopic (exact) mass is 244 g/mol. The van der Waals surface area contributed by atoms with Crippen LogP contribution >= 0.6 is 0 Å². The van der Waals surface area contributed by atoms with Gasteiger partial charge in [0, 0.05) is 0 Å². The molecule has 0 aliphatic rings. The van der Waals surface area contributed by atoms with Crippen LogP contribution < -0.4 is 0 Å². The highest BCUT2D eigenvalue weighted by atomic mass is 32.2. The van der Waals surface area contributed by atoms with Gasteiger partial charge in [-0.15, -0.1) is 0 Å². The van der Waals surface area contributed by atoms with E-state index in [1.807, 2.05) is 20.8 Å². The molecule has 0 saturated heterocycles. The number of carbonyl (C=O) groups is 1. The van der Waals surface area contributed by atoms with E-state index in [0.717, 1.165) is 0 Å². The summed E-state index contributed by atoms with van der Waals surface area (Å²) in [6.45, 7) is 7.06. The molecule has 0 spiro atoms. The van der Waals surface area contributed by atoms with Gasteiger partial charge in [-0.25, -0.2) is 13.1 Å². The lowest BCUT2D eigenvalue weighted by atomic mass is 10.1. The summed E-state index contributed by atoms with van der Waals surface area (Å²) in [7, 11) is -3.44. The lowest BCUT2D eigenvalue weighted by Gasteiger charge is -2.22. The summed E-state index contributed by atoms with van der Waals surface area (Å²) >= 11 is 0. The lowest BCUT2D eigenvalue weighted by Crippen LogP contribution is -2.27. The maximum Gasteiger partial charge on any atom is 0.195 e. The van der Waals surface area contributed by atoms with Crippen molar-refractivity contribution in [2.24, 2.45) is 0 Å². The molecule has 0 amide bonds. The molecule has 0 atom stereocenters. The molecule has 0 fully saturated rings. The Morgan fingerprint density at radius 1 is 1.44 bits per heavy atom. The summed E-state index contributed by atoms with van der Waals surface area (Å²) < 4.78 is 25.2. The Bertz CT molecular complexity index is 495. The van der Waals surface area contributed by atoms with Crippen LogP contribution in [0.25, 0.3) is 0 Å². The molecule has 6 heteroatoms. The molecule has 16 heavy (non-hydrogen) atoms. The van der Waals surface area contributed by atoms with Gasteiger partial charge in [-0.05, 0) is 20.8 Å². The first-order valence-corrected chi connectivity index (χ1v) is 6.65. The zero-order chi connectivity index (χ0) is 12.6. The maximum absolute atomic E-state index is 11.9. The summed E-state index contributed by atoms with van der Waals surface area (Å²) in [5.74, 6) is -0.0460. The van der Waals surface area contributed by atoms with Crippen LogP contribution in [0.1, 0.15) is 38.1 Å². The fourth-order valence-corrected chi connectivity index (χ4v) is 2.67. The average Bonchev–Trinajstić information content (AvgIpc) is 2.61. The third kappa shape index (κ3) is 2.16. The van der Waals surface area contributed by atoms with Crippen molar-refractivity contribution in [3.63, 3.8) is 0 Å². The van der Waals surface area contributed by atoms with Crippen molar-refractivity contribution in [3.05, 3.63) is 11.8 Å². The third-order valence-corrected chi connectivity index (χ3v) is 3.95. The summed E-state index contributed by atoms with van der Waals surface area (Å²) in [5, 5.41) is 3.99. The molecule has 0 N–H and O–H groups in total. The number of rotatable bonds is 3. The molecular weight excluding hydrogens is 228 g/mol. The van der Waals surface area contributed by atoms with E-state index in [2.05, 4.69) is 5.10 Å². The quantitative estimate of drug-likeness (QED) is 0.750. The van der Waals surface area contributed by atoms with Crippen LogP contribution in [-0.2, 0) is 15.4 Å². The van der Waals surface area contributed by atoms with Crippen LogP contribution in [0.2, 0.25) is 0 Å². The highest BCUT2D eigenvalue weighted by molar-refractivity contribution is 7.91. The van der Waals surface area contributed by atoms with Gasteiger partial charge >= 0.3 is 0 Å². The first kappa shape index (κ1) is 12.9. The lowest BCUT2D eigenvalue weighted by molar-refractivity contribution is 0.111. The van der Waals surface area contributed by atoms with Crippen molar-refractivity contribution >= 4 is 16.1 Å². The molecule has 0 aromatic carbocycles. The Balaban J connectivity index is 3.57. The smallest absolute Gasteiger partial charge is 0.195 e. The van der Waals surface area contributed by atoms with E-state index in [9.17, 15) is 13.2 Å². The van der Waals surface area contributed by atoms with Gasteiger partial charge in [0.05, 0.1) is 23.1 Å². The van der Waals surface area contributed by atoms with Crippen molar-refractivity contribution in [1.29, 1.82) is 0 Å². The van der Waals surface area contributed by atoms with E-state index in [1.165, 1.54) is 10.9 Å². The van der Waals surface area contributed by atoms with Gasteiger partial charge in [-0.1, -0.05) is 6.92 Å². The number of aldehydes is 1. The minimum atomic E-state index is -3.44. The minimum Gasteiger partial charge on any atom is -0.298 e. The third-order valence-electron chi connectivity index (χ3n) is 2.19. The highest BCUT2D eigenvalue weighted by Crippen LogP contribution is 2.23. The SMILES string of the molecule is CCS(=O)(=O)c1c(C=O)cnn1C(C)(C)C. The zero-order valence-electron chi connectivity index (χ0n) is 9.89. The first-order chi connectivity index (χ1) is 7.24. The van der Waals surface area contributed by atoms with E-state index in [4.69, 9.17) is 0 Å². The molecule has 0 radical (unpaired) electrons. The fraction of sp³-hybridized carbons (Fsp3) is 0.600. The molecule has 5 nitrogen and oxygen atoms in total. The van der Waals surface area contributed by atoms with E-state index < -0.39 is 15.4 Å². The van der Waals surface area contributed by atoms with Crippen LogP contribution in [0.3, 0.4) is 0 Å². The van der Waals surface area contributed by atoms with Crippen molar-refractivity contribution in [1.82, 2.24) is 9.78 Å². The first-order valence-electron chi connectivity index (χ1n) is 5.00.